The second-order valence-electron chi connectivity index (χ2n) is 6.62. The second kappa shape index (κ2) is 9.49. The molecular formula is C20H21N7O2S. The normalized spacial score (nSPS) is 13.0. The Kier molecular flexibility index (Phi) is 6.33. The Morgan fingerprint density at radius 2 is 2.07 bits per heavy atom. The number of pyridine rings is 1. The molecule has 3 heterocycles. The van der Waals surface area contributed by atoms with Crippen molar-refractivity contribution < 1.29 is 9.53 Å². The molecule has 0 aromatic carbocycles. The lowest BCUT2D eigenvalue weighted by Crippen LogP contribution is -2.16. The van der Waals surface area contributed by atoms with Gasteiger partial charge in [-0.2, -0.15) is 0 Å². The minimum absolute atomic E-state index is 0.136. The van der Waals surface area contributed by atoms with E-state index >= 15 is 0 Å². The third kappa shape index (κ3) is 5.63. The molecular weight excluding hydrogens is 402 g/mol. The summed E-state index contributed by atoms with van der Waals surface area (Å²) in [5.41, 5.74) is 2.07. The smallest absolute Gasteiger partial charge is 0.233 e. The van der Waals surface area contributed by atoms with Crippen LogP contribution in [-0.4, -0.2) is 42.7 Å². The summed E-state index contributed by atoms with van der Waals surface area (Å²) in [4.78, 5) is 33.7. The number of hydrogen-bond acceptors (Lipinski definition) is 9. The van der Waals surface area contributed by atoms with E-state index in [1.54, 1.807) is 48.9 Å². The Labute approximate surface area is 178 Å². The van der Waals surface area contributed by atoms with E-state index in [0.717, 1.165) is 5.56 Å². The van der Waals surface area contributed by atoms with Crippen molar-refractivity contribution in [3.05, 3.63) is 48.7 Å². The number of nitrogens with one attached hydrogen (secondary N) is 2. The van der Waals surface area contributed by atoms with Gasteiger partial charge in [0.1, 0.15) is 5.82 Å². The fourth-order valence-corrected chi connectivity index (χ4v) is 3.28. The molecule has 0 radical (unpaired) electrons. The van der Waals surface area contributed by atoms with E-state index in [0.29, 0.717) is 40.9 Å². The lowest BCUT2D eigenvalue weighted by atomic mass is 10.2. The quantitative estimate of drug-likeness (QED) is 0.501. The predicted molar refractivity (Wildman–Crippen MR) is 115 cm³/mol. The molecule has 0 saturated heterocycles. The fourth-order valence-electron chi connectivity index (χ4n) is 2.54. The first kappa shape index (κ1) is 20.0. The number of nitrogens with zero attached hydrogens (tertiary/aromatic N) is 5. The van der Waals surface area contributed by atoms with Crippen LogP contribution in [0.15, 0.2) is 43.0 Å². The van der Waals surface area contributed by atoms with Gasteiger partial charge in [0, 0.05) is 23.2 Å². The molecule has 154 valence electrons. The van der Waals surface area contributed by atoms with Crippen molar-refractivity contribution >= 4 is 29.6 Å². The molecule has 3 aromatic heterocycles. The molecule has 3 aromatic rings. The lowest BCUT2D eigenvalue weighted by Gasteiger charge is -2.07. The minimum Gasteiger partial charge on any atom is -0.477 e. The van der Waals surface area contributed by atoms with Crippen molar-refractivity contribution in [2.75, 3.05) is 16.6 Å². The summed E-state index contributed by atoms with van der Waals surface area (Å²) in [6.45, 7) is 2.41. The molecule has 4 rings (SSSR count). The Balaban J connectivity index is 1.34. The van der Waals surface area contributed by atoms with E-state index < -0.39 is 0 Å². The van der Waals surface area contributed by atoms with E-state index in [-0.39, 0.29) is 12.3 Å². The average molecular weight is 424 g/mol. The van der Waals surface area contributed by atoms with Gasteiger partial charge in [-0.15, -0.1) is 0 Å². The van der Waals surface area contributed by atoms with Gasteiger partial charge in [0.05, 0.1) is 36.8 Å². The summed E-state index contributed by atoms with van der Waals surface area (Å²) < 4.78 is 8.51. The summed E-state index contributed by atoms with van der Waals surface area (Å²) in [5.74, 6) is 1.24. The van der Waals surface area contributed by atoms with E-state index in [9.17, 15) is 4.79 Å². The molecule has 1 fully saturated rings. The van der Waals surface area contributed by atoms with Crippen LogP contribution in [0, 0.1) is 0 Å². The molecule has 30 heavy (non-hydrogen) atoms. The highest BCUT2D eigenvalue weighted by Gasteiger charge is 2.22. The highest BCUT2D eigenvalue weighted by molar-refractivity contribution is 8.01. The summed E-state index contributed by atoms with van der Waals surface area (Å²) >= 11 is 1.63. The molecule has 2 N–H and O–H groups in total. The van der Waals surface area contributed by atoms with Gasteiger partial charge in [-0.3, -0.25) is 14.5 Å². The fraction of sp³-hybridized carbons (Fsp3) is 0.300. The molecule has 1 saturated carbocycles. The average Bonchev–Trinajstić information content (AvgIpc) is 3.58. The Hall–Kier alpha value is -3.27. The van der Waals surface area contributed by atoms with Crippen molar-refractivity contribution in [2.24, 2.45) is 0 Å². The number of anilines is 2. The number of ether oxygens (including phenoxy) is 1. The van der Waals surface area contributed by atoms with Crippen molar-refractivity contribution in [1.29, 1.82) is 0 Å². The lowest BCUT2D eigenvalue weighted by molar-refractivity contribution is -0.115. The zero-order valence-electron chi connectivity index (χ0n) is 16.4. The van der Waals surface area contributed by atoms with Gasteiger partial charge >= 0.3 is 0 Å². The zero-order valence-corrected chi connectivity index (χ0v) is 17.2. The molecule has 0 bridgehead atoms. The number of hydrogen-bond donors (Lipinski definition) is 2. The first-order valence-electron chi connectivity index (χ1n) is 9.64. The van der Waals surface area contributed by atoms with Crippen LogP contribution in [-0.2, 0) is 11.2 Å². The SMILES string of the molecule is CCOc1cncc(-c2ccc(NC(=O)Cc3ccnc(NSC4CC4)n3)nc2)n1. The van der Waals surface area contributed by atoms with Crippen LogP contribution in [0.3, 0.4) is 0 Å². The van der Waals surface area contributed by atoms with E-state index in [1.807, 2.05) is 13.0 Å². The summed E-state index contributed by atoms with van der Waals surface area (Å²) in [6.07, 6.45) is 9.06. The van der Waals surface area contributed by atoms with Crippen LogP contribution in [0.5, 0.6) is 5.88 Å². The van der Waals surface area contributed by atoms with Gasteiger partial charge in [0.25, 0.3) is 0 Å². The van der Waals surface area contributed by atoms with E-state index in [2.05, 4.69) is 35.0 Å². The van der Waals surface area contributed by atoms with Crippen LogP contribution < -0.4 is 14.8 Å². The van der Waals surface area contributed by atoms with Crippen LogP contribution in [0.2, 0.25) is 0 Å². The molecule has 1 amide bonds. The van der Waals surface area contributed by atoms with Gasteiger partial charge in [-0.1, -0.05) is 0 Å². The van der Waals surface area contributed by atoms with E-state index in [1.165, 1.54) is 12.8 Å². The van der Waals surface area contributed by atoms with Crippen molar-refractivity contribution in [2.45, 2.75) is 31.4 Å². The third-order valence-corrected chi connectivity index (χ3v) is 5.23. The van der Waals surface area contributed by atoms with Crippen LogP contribution >= 0.6 is 11.9 Å². The zero-order chi connectivity index (χ0) is 20.8. The number of aromatic nitrogens is 5. The maximum atomic E-state index is 12.4. The van der Waals surface area contributed by atoms with E-state index in [4.69, 9.17) is 4.74 Å². The maximum absolute atomic E-state index is 12.4. The molecule has 1 aliphatic rings. The van der Waals surface area contributed by atoms with Crippen LogP contribution in [0.1, 0.15) is 25.5 Å². The monoisotopic (exact) mass is 423 g/mol. The Bertz CT molecular complexity index is 1010. The van der Waals surface area contributed by atoms with Crippen molar-refractivity contribution in [3.63, 3.8) is 0 Å². The topological polar surface area (TPSA) is 115 Å². The molecule has 0 spiro atoms. The molecule has 9 nitrogen and oxygen atoms in total. The van der Waals surface area contributed by atoms with Gasteiger partial charge in [0.2, 0.25) is 17.7 Å². The number of carbonyl (C=O) groups excluding carboxylic acids is 1. The largest absolute Gasteiger partial charge is 0.477 e. The highest BCUT2D eigenvalue weighted by Crippen LogP contribution is 2.33. The summed E-state index contributed by atoms with van der Waals surface area (Å²) in [7, 11) is 0. The Morgan fingerprint density at radius 1 is 1.17 bits per heavy atom. The van der Waals surface area contributed by atoms with Gasteiger partial charge in [0.15, 0.2) is 0 Å². The number of rotatable bonds is 9. The van der Waals surface area contributed by atoms with Gasteiger partial charge in [-0.25, -0.2) is 19.9 Å². The van der Waals surface area contributed by atoms with Crippen molar-refractivity contribution in [3.8, 4) is 17.1 Å². The molecule has 0 aliphatic heterocycles. The van der Waals surface area contributed by atoms with Gasteiger partial charge < -0.3 is 10.1 Å². The first-order valence-corrected chi connectivity index (χ1v) is 10.5. The second-order valence-corrected chi connectivity index (χ2v) is 7.73. The predicted octanol–water partition coefficient (Wildman–Crippen LogP) is 3.13. The summed E-state index contributed by atoms with van der Waals surface area (Å²) in [6, 6.07) is 5.28. The molecule has 10 heteroatoms. The third-order valence-electron chi connectivity index (χ3n) is 4.13. The molecule has 1 aliphatic carbocycles. The molecule has 0 unspecified atom stereocenters. The maximum Gasteiger partial charge on any atom is 0.233 e. The Morgan fingerprint density at radius 3 is 2.83 bits per heavy atom. The summed E-state index contributed by atoms with van der Waals surface area (Å²) in [5, 5.41) is 3.42. The number of carbonyl (C=O) groups is 1. The molecule has 0 atom stereocenters. The highest BCUT2D eigenvalue weighted by atomic mass is 32.2. The standard InChI is InChI=1S/C20H21N7O2S/c1-2-29-19-12-21-11-16(25-19)13-3-6-17(23-10-13)26-18(28)9-14-7-8-22-20(24-14)27-30-15-4-5-15/h3,6-8,10-12,15H,2,4-5,9H2,1H3,(H,22,24,27)(H,23,26,28). The van der Waals surface area contributed by atoms with Crippen molar-refractivity contribution in [1.82, 2.24) is 24.9 Å². The first-order chi connectivity index (χ1) is 14.7. The number of amides is 1. The van der Waals surface area contributed by atoms with Crippen LogP contribution in [0.4, 0.5) is 11.8 Å². The van der Waals surface area contributed by atoms with Crippen LogP contribution in [0.25, 0.3) is 11.3 Å². The van der Waals surface area contributed by atoms with Gasteiger partial charge in [-0.05, 0) is 49.9 Å². The minimum atomic E-state index is -0.201.